The molecule has 3 atom stereocenters. The molecule has 5 aliphatic rings. The van der Waals surface area contributed by atoms with Gasteiger partial charge in [0, 0.05) is 5.41 Å². The highest BCUT2D eigenvalue weighted by Crippen LogP contribution is 2.60. The van der Waals surface area contributed by atoms with Crippen molar-refractivity contribution in [1.82, 2.24) is 9.80 Å². The molecule has 1 heterocycles. The Morgan fingerprint density at radius 1 is 1.06 bits per heavy atom. The summed E-state index contributed by atoms with van der Waals surface area (Å²) in [7, 11) is 0. The average Bonchev–Trinajstić information content (AvgIpc) is 3.33. The zero-order valence-electron chi connectivity index (χ0n) is 22.0. The van der Waals surface area contributed by atoms with E-state index in [2.05, 4.69) is 4.90 Å². The van der Waals surface area contributed by atoms with Crippen molar-refractivity contribution in [1.29, 1.82) is 0 Å². The number of carbonyl (C=O) groups excluding carboxylic acids is 3. The first-order valence-corrected chi connectivity index (χ1v) is 14.2. The Morgan fingerprint density at radius 3 is 2.25 bits per heavy atom. The van der Waals surface area contributed by atoms with Crippen molar-refractivity contribution in [3.05, 3.63) is 35.9 Å². The molecule has 4 saturated carbocycles. The van der Waals surface area contributed by atoms with Crippen LogP contribution in [0.3, 0.4) is 0 Å². The van der Waals surface area contributed by atoms with E-state index in [-0.39, 0.29) is 29.7 Å². The highest BCUT2D eigenvalue weighted by atomic mass is 16.2. The molecule has 6 heteroatoms. The number of amides is 2. The minimum atomic E-state index is -0.717. The van der Waals surface area contributed by atoms with E-state index in [4.69, 9.17) is 5.73 Å². The third kappa shape index (κ3) is 4.91. The Morgan fingerprint density at radius 2 is 1.67 bits per heavy atom. The number of ketones is 1. The van der Waals surface area contributed by atoms with Gasteiger partial charge in [0.15, 0.2) is 5.78 Å². The molecule has 4 bridgehead atoms. The standard InChI is InChI=1S/C30H43N3O3/c1-3-20(2)27(31)29(36)33(18-21-8-5-4-6-9-21)28(35)25-10-7-11-32(25)19-26(34)30-15-22-12-23(16-30)14-24(13-22)17-30/h4-6,8-9,20,22-25,27H,3,7,10-19,31H2,1-2H3/t20-,22?,23?,24?,25-,27-,30?/m0/s1. The summed E-state index contributed by atoms with van der Waals surface area (Å²) in [4.78, 5) is 44.7. The monoisotopic (exact) mass is 493 g/mol. The van der Waals surface area contributed by atoms with Crippen LogP contribution in [-0.4, -0.2) is 52.6 Å². The molecule has 5 fully saturated rings. The molecule has 0 spiro atoms. The number of hydrogen-bond donors (Lipinski definition) is 1. The van der Waals surface area contributed by atoms with Crippen LogP contribution in [0.5, 0.6) is 0 Å². The zero-order valence-corrected chi connectivity index (χ0v) is 22.0. The Hall–Kier alpha value is -2.05. The van der Waals surface area contributed by atoms with Gasteiger partial charge in [-0.2, -0.15) is 0 Å². The largest absolute Gasteiger partial charge is 0.320 e. The summed E-state index contributed by atoms with van der Waals surface area (Å²) < 4.78 is 0. The number of rotatable bonds is 9. The van der Waals surface area contributed by atoms with Gasteiger partial charge in [-0.25, -0.2) is 0 Å². The summed E-state index contributed by atoms with van der Waals surface area (Å²) in [6.45, 7) is 5.26. The summed E-state index contributed by atoms with van der Waals surface area (Å²) in [5.41, 5.74) is 7.08. The highest BCUT2D eigenvalue weighted by molar-refractivity contribution is 6.00. The second kappa shape index (κ2) is 10.4. The summed E-state index contributed by atoms with van der Waals surface area (Å²) in [5.74, 6) is 1.99. The van der Waals surface area contributed by atoms with Crippen molar-refractivity contribution in [3.8, 4) is 0 Å². The highest BCUT2D eigenvalue weighted by Gasteiger charge is 2.54. The average molecular weight is 494 g/mol. The maximum Gasteiger partial charge on any atom is 0.246 e. The molecule has 196 valence electrons. The lowest BCUT2D eigenvalue weighted by Gasteiger charge is -2.56. The van der Waals surface area contributed by atoms with E-state index in [9.17, 15) is 14.4 Å². The van der Waals surface area contributed by atoms with Gasteiger partial charge in [-0.15, -0.1) is 0 Å². The van der Waals surface area contributed by atoms with Gasteiger partial charge in [0.1, 0.15) is 0 Å². The minimum Gasteiger partial charge on any atom is -0.320 e. The van der Waals surface area contributed by atoms with Crippen molar-refractivity contribution in [2.45, 2.75) is 90.3 Å². The van der Waals surface area contributed by atoms with Gasteiger partial charge in [0.25, 0.3) is 0 Å². The second-order valence-electron chi connectivity index (χ2n) is 12.4. The Bertz CT molecular complexity index is 942. The molecular formula is C30H43N3O3. The second-order valence-corrected chi connectivity index (χ2v) is 12.4. The van der Waals surface area contributed by atoms with E-state index >= 15 is 0 Å². The quantitative estimate of drug-likeness (QED) is 0.558. The summed E-state index contributed by atoms with van der Waals surface area (Å²) in [6.07, 6.45) is 9.40. The number of nitrogens with zero attached hydrogens (tertiary/aromatic N) is 2. The van der Waals surface area contributed by atoms with Gasteiger partial charge < -0.3 is 5.73 Å². The van der Waals surface area contributed by atoms with E-state index < -0.39 is 12.1 Å². The SMILES string of the molecule is CC[C@H](C)[C@H](N)C(=O)N(Cc1ccccc1)C(=O)[C@@H]1CCCN1CC(=O)C12CC3CC(CC(C3)C1)C2. The van der Waals surface area contributed by atoms with Crippen LogP contribution in [0.1, 0.15) is 77.2 Å². The maximum absolute atomic E-state index is 13.9. The summed E-state index contributed by atoms with van der Waals surface area (Å²) in [5, 5.41) is 0. The number of nitrogens with two attached hydrogens (primary N) is 1. The van der Waals surface area contributed by atoms with E-state index in [0.717, 1.165) is 62.0 Å². The molecule has 0 radical (unpaired) electrons. The number of likely N-dealkylation sites (tertiary alicyclic amines) is 1. The van der Waals surface area contributed by atoms with Crippen LogP contribution < -0.4 is 5.73 Å². The van der Waals surface area contributed by atoms with E-state index in [1.807, 2.05) is 44.2 Å². The normalized spacial score (nSPS) is 32.9. The molecule has 2 N–H and O–H groups in total. The zero-order chi connectivity index (χ0) is 25.4. The number of carbonyl (C=O) groups is 3. The fraction of sp³-hybridized carbons (Fsp3) is 0.700. The fourth-order valence-corrected chi connectivity index (χ4v) is 7.99. The molecule has 6 nitrogen and oxygen atoms in total. The van der Waals surface area contributed by atoms with Crippen LogP contribution >= 0.6 is 0 Å². The molecule has 1 aliphatic heterocycles. The predicted molar refractivity (Wildman–Crippen MR) is 140 cm³/mol. The van der Waals surface area contributed by atoms with Crippen LogP contribution in [0.4, 0.5) is 0 Å². The lowest BCUT2D eigenvalue weighted by atomic mass is 9.48. The number of benzene rings is 1. The predicted octanol–water partition coefficient (Wildman–Crippen LogP) is 4.17. The first-order chi connectivity index (χ1) is 17.3. The van der Waals surface area contributed by atoms with Crippen molar-refractivity contribution in [2.24, 2.45) is 34.8 Å². The van der Waals surface area contributed by atoms with Crippen molar-refractivity contribution in [3.63, 3.8) is 0 Å². The number of hydrogen-bond acceptors (Lipinski definition) is 5. The first kappa shape index (κ1) is 25.6. The Labute approximate surface area is 216 Å². The van der Waals surface area contributed by atoms with Crippen molar-refractivity contribution >= 4 is 17.6 Å². The van der Waals surface area contributed by atoms with E-state index in [1.165, 1.54) is 24.2 Å². The maximum atomic E-state index is 13.9. The third-order valence-corrected chi connectivity index (χ3v) is 9.88. The van der Waals surface area contributed by atoms with Gasteiger partial charge in [0.2, 0.25) is 11.8 Å². The molecule has 0 aromatic heterocycles. The fourth-order valence-electron chi connectivity index (χ4n) is 7.99. The molecule has 0 unspecified atom stereocenters. The van der Waals surface area contributed by atoms with Crippen LogP contribution in [0.15, 0.2) is 30.3 Å². The van der Waals surface area contributed by atoms with Crippen LogP contribution in [0.25, 0.3) is 0 Å². The van der Waals surface area contributed by atoms with Gasteiger partial charge in [-0.05, 0) is 87.1 Å². The Kier molecular flexibility index (Phi) is 7.37. The molecule has 1 aromatic rings. The number of Topliss-reactive ketones (excluding diaryl/α,β-unsaturated/α-hetero) is 1. The molecule has 1 aromatic carbocycles. The third-order valence-electron chi connectivity index (χ3n) is 9.88. The van der Waals surface area contributed by atoms with Gasteiger partial charge in [0.05, 0.1) is 25.2 Å². The smallest absolute Gasteiger partial charge is 0.246 e. The van der Waals surface area contributed by atoms with Crippen LogP contribution in [0.2, 0.25) is 0 Å². The van der Waals surface area contributed by atoms with E-state index in [0.29, 0.717) is 18.7 Å². The summed E-state index contributed by atoms with van der Waals surface area (Å²) in [6, 6.07) is 8.49. The lowest BCUT2D eigenvalue weighted by Crippen LogP contribution is -2.56. The Balaban J connectivity index is 1.32. The molecule has 36 heavy (non-hydrogen) atoms. The van der Waals surface area contributed by atoms with Gasteiger partial charge in [-0.3, -0.25) is 24.2 Å². The first-order valence-electron chi connectivity index (χ1n) is 14.2. The molecular weight excluding hydrogens is 450 g/mol. The minimum absolute atomic E-state index is 0.0130. The molecule has 6 rings (SSSR count). The van der Waals surface area contributed by atoms with Crippen LogP contribution in [-0.2, 0) is 20.9 Å². The summed E-state index contributed by atoms with van der Waals surface area (Å²) >= 11 is 0. The van der Waals surface area contributed by atoms with E-state index in [1.54, 1.807) is 0 Å². The molecule has 2 amide bonds. The topological polar surface area (TPSA) is 83.7 Å². The molecule has 4 aliphatic carbocycles. The van der Waals surface area contributed by atoms with Gasteiger partial charge >= 0.3 is 0 Å². The van der Waals surface area contributed by atoms with Crippen molar-refractivity contribution < 1.29 is 14.4 Å². The van der Waals surface area contributed by atoms with Gasteiger partial charge in [-0.1, -0.05) is 50.6 Å². The van der Waals surface area contributed by atoms with Crippen LogP contribution in [0, 0.1) is 29.1 Å². The molecule has 1 saturated heterocycles. The number of imide groups is 1. The van der Waals surface area contributed by atoms with Crippen molar-refractivity contribution in [2.75, 3.05) is 13.1 Å². The lowest BCUT2D eigenvalue weighted by molar-refractivity contribution is -0.151.